The Morgan fingerprint density at radius 2 is 1.87 bits per heavy atom. The number of aliphatic hydroxyl groups is 1. The lowest BCUT2D eigenvalue weighted by atomic mass is 9.92. The maximum Gasteiger partial charge on any atom is 0.227 e. The number of rotatable bonds is 6. The number of likely N-dealkylation sites (tertiary alicyclic amines) is 1. The standard InChI is InChI=1S/C18H28N2O3/c1-3-18(23,4-2)13-20-11-9-14(10-12-20)17(22)19-15-7-5-6-8-16(15)21/h5-8,14,21,23H,3-4,9-13H2,1-2H3,(H,19,22). The van der Waals surface area contributed by atoms with E-state index in [2.05, 4.69) is 10.2 Å². The van der Waals surface area contributed by atoms with Gasteiger partial charge in [-0.2, -0.15) is 0 Å². The van der Waals surface area contributed by atoms with Crippen LogP contribution in [0.4, 0.5) is 5.69 Å². The molecule has 0 aromatic heterocycles. The second kappa shape index (κ2) is 7.79. The highest BCUT2D eigenvalue weighted by molar-refractivity contribution is 5.93. The highest BCUT2D eigenvalue weighted by Crippen LogP contribution is 2.26. The monoisotopic (exact) mass is 320 g/mol. The maximum absolute atomic E-state index is 12.3. The van der Waals surface area contributed by atoms with E-state index in [9.17, 15) is 15.0 Å². The van der Waals surface area contributed by atoms with E-state index in [4.69, 9.17) is 0 Å². The number of carbonyl (C=O) groups excluding carboxylic acids is 1. The molecule has 0 saturated carbocycles. The van der Waals surface area contributed by atoms with Crippen LogP contribution >= 0.6 is 0 Å². The first-order valence-corrected chi connectivity index (χ1v) is 8.51. The maximum atomic E-state index is 12.3. The average molecular weight is 320 g/mol. The van der Waals surface area contributed by atoms with Crippen LogP contribution in [0.25, 0.3) is 0 Å². The van der Waals surface area contributed by atoms with Gasteiger partial charge in [0, 0.05) is 12.5 Å². The van der Waals surface area contributed by atoms with Crippen molar-refractivity contribution in [2.45, 2.75) is 45.1 Å². The summed E-state index contributed by atoms with van der Waals surface area (Å²) in [5, 5.41) is 23.0. The van der Waals surface area contributed by atoms with Crippen molar-refractivity contribution in [2.75, 3.05) is 25.0 Å². The Kier molecular flexibility index (Phi) is 6.02. The Morgan fingerprint density at radius 1 is 1.26 bits per heavy atom. The van der Waals surface area contributed by atoms with Crippen LogP contribution in [0.1, 0.15) is 39.5 Å². The molecule has 1 fully saturated rings. The summed E-state index contributed by atoms with van der Waals surface area (Å²) < 4.78 is 0. The lowest BCUT2D eigenvalue weighted by Gasteiger charge is -2.37. The number of nitrogens with zero attached hydrogens (tertiary/aromatic N) is 1. The predicted octanol–water partition coefficient (Wildman–Crippen LogP) is 2.59. The number of benzene rings is 1. The van der Waals surface area contributed by atoms with E-state index in [0.717, 1.165) is 38.8 Å². The van der Waals surface area contributed by atoms with Crippen LogP contribution in [0.5, 0.6) is 5.75 Å². The fraction of sp³-hybridized carbons (Fsp3) is 0.611. The number of amides is 1. The number of para-hydroxylation sites is 2. The van der Waals surface area contributed by atoms with Crippen molar-refractivity contribution < 1.29 is 15.0 Å². The molecule has 0 bridgehead atoms. The Morgan fingerprint density at radius 3 is 2.43 bits per heavy atom. The number of aromatic hydroxyl groups is 1. The number of phenolic OH excluding ortho intramolecular Hbond substituents is 1. The number of anilines is 1. The third-order valence-electron chi connectivity index (χ3n) is 4.95. The number of hydrogen-bond donors (Lipinski definition) is 3. The van der Waals surface area contributed by atoms with Crippen LogP contribution in [-0.2, 0) is 4.79 Å². The molecule has 1 aromatic rings. The van der Waals surface area contributed by atoms with E-state index >= 15 is 0 Å². The molecule has 3 N–H and O–H groups in total. The molecule has 2 rings (SSSR count). The average Bonchev–Trinajstić information content (AvgIpc) is 2.57. The van der Waals surface area contributed by atoms with Gasteiger partial charge in [-0.3, -0.25) is 4.79 Å². The molecule has 1 amide bonds. The second-order valence-corrected chi connectivity index (χ2v) is 6.49. The first-order valence-electron chi connectivity index (χ1n) is 8.51. The molecule has 23 heavy (non-hydrogen) atoms. The summed E-state index contributed by atoms with van der Waals surface area (Å²) in [6, 6.07) is 6.78. The second-order valence-electron chi connectivity index (χ2n) is 6.49. The number of piperidine rings is 1. The first kappa shape index (κ1) is 17.8. The zero-order valence-electron chi connectivity index (χ0n) is 14.1. The number of β-amino-alcohol motifs (C(OH)–C–C–N with tert-alkyl or cyclic N) is 1. The Balaban J connectivity index is 1.84. The SMILES string of the molecule is CCC(O)(CC)CN1CCC(C(=O)Nc2ccccc2O)CC1. The van der Waals surface area contributed by atoms with E-state index in [1.54, 1.807) is 24.3 Å². The smallest absolute Gasteiger partial charge is 0.227 e. The molecule has 0 spiro atoms. The van der Waals surface area contributed by atoms with Crippen LogP contribution in [0.3, 0.4) is 0 Å². The summed E-state index contributed by atoms with van der Waals surface area (Å²) in [5.74, 6) is 0.0174. The van der Waals surface area contributed by atoms with Crippen molar-refractivity contribution in [1.29, 1.82) is 0 Å². The summed E-state index contributed by atoms with van der Waals surface area (Å²) in [6.45, 7) is 6.34. The van der Waals surface area contributed by atoms with E-state index in [1.807, 2.05) is 13.8 Å². The van der Waals surface area contributed by atoms with Gasteiger partial charge in [0.25, 0.3) is 0 Å². The largest absolute Gasteiger partial charge is 0.506 e. The molecule has 1 aromatic carbocycles. The van der Waals surface area contributed by atoms with Gasteiger partial charge in [-0.05, 0) is 50.9 Å². The van der Waals surface area contributed by atoms with E-state index < -0.39 is 5.60 Å². The minimum Gasteiger partial charge on any atom is -0.506 e. The van der Waals surface area contributed by atoms with Crippen molar-refractivity contribution in [1.82, 2.24) is 4.90 Å². The van der Waals surface area contributed by atoms with Gasteiger partial charge in [-0.15, -0.1) is 0 Å². The quantitative estimate of drug-likeness (QED) is 0.705. The highest BCUT2D eigenvalue weighted by Gasteiger charge is 2.30. The van der Waals surface area contributed by atoms with Crippen LogP contribution in [0, 0.1) is 5.92 Å². The fourth-order valence-electron chi connectivity index (χ4n) is 3.06. The minimum absolute atomic E-state index is 0.0348. The molecule has 5 nitrogen and oxygen atoms in total. The van der Waals surface area contributed by atoms with Crippen LogP contribution in [0.2, 0.25) is 0 Å². The van der Waals surface area contributed by atoms with Gasteiger partial charge in [0.2, 0.25) is 5.91 Å². The van der Waals surface area contributed by atoms with E-state index in [1.165, 1.54) is 0 Å². The lowest BCUT2D eigenvalue weighted by molar-refractivity contribution is -0.121. The first-order chi connectivity index (χ1) is 11.0. The molecular weight excluding hydrogens is 292 g/mol. The van der Waals surface area contributed by atoms with Crippen LogP contribution in [-0.4, -0.2) is 46.3 Å². The summed E-state index contributed by atoms with van der Waals surface area (Å²) in [4.78, 5) is 14.6. The number of phenols is 1. The molecule has 0 unspecified atom stereocenters. The number of carbonyl (C=O) groups is 1. The minimum atomic E-state index is -0.620. The molecule has 0 aliphatic carbocycles. The van der Waals surface area contributed by atoms with Gasteiger partial charge >= 0.3 is 0 Å². The zero-order valence-corrected chi connectivity index (χ0v) is 14.1. The third-order valence-corrected chi connectivity index (χ3v) is 4.95. The molecule has 0 radical (unpaired) electrons. The van der Waals surface area contributed by atoms with Gasteiger partial charge in [0.05, 0.1) is 11.3 Å². The highest BCUT2D eigenvalue weighted by atomic mass is 16.3. The molecule has 1 aliphatic heterocycles. The van der Waals surface area contributed by atoms with E-state index in [-0.39, 0.29) is 17.6 Å². The van der Waals surface area contributed by atoms with Gasteiger partial charge < -0.3 is 20.4 Å². The Bertz CT molecular complexity index is 521. The molecule has 0 atom stereocenters. The normalized spacial score (nSPS) is 17.2. The lowest BCUT2D eigenvalue weighted by Crippen LogP contribution is -2.46. The van der Waals surface area contributed by atoms with Gasteiger partial charge in [-0.25, -0.2) is 0 Å². The van der Waals surface area contributed by atoms with Crippen molar-refractivity contribution in [3.63, 3.8) is 0 Å². The van der Waals surface area contributed by atoms with Gasteiger partial charge in [0.15, 0.2) is 0 Å². The van der Waals surface area contributed by atoms with Gasteiger partial charge in [0.1, 0.15) is 5.75 Å². The molecule has 1 heterocycles. The molecule has 1 saturated heterocycles. The van der Waals surface area contributed by atoms with Crippen LogP contribution < -0.4 is 5.32 Å². The van der Waals surface area contributed by atoms with Crippen molar-refractivity contribution in [3.8, 4) is 5.75 Å². The Labute approximate surface area is 138 Å². The van der Waals surface area contributed by atoms with Gasteiger partial charge in [-0.1, -0.05) is 26.0 Å². The third kappa shape index (κ3) is 4.69. The van der Waals surface area contributed by atoms with Crippen molar-refractivity contribution in [2.24, 2.45) is 5.92 Å². The summed E-state index contributed by atoms with van der Waals surface area (Å²) in [7, 11) is 0. The summed E-state index contributed by atoms with van der Waals surface area (Å²) in [6.07, 6.45) is 3.06. The summed E-state index contributed by atoms with van der Waals surface area (Å²) >= 11 is 0. The summed E-state index contributed by atoms with van der Waals surface area (Å²) in [5.41, 5.74) is -0.156. The fourth-order valence-corrected chi connectivity index (χ4v) is 3.06. The van der Waals surface area contributed by atoms with Crippen molar-refractivity contribution >= 4 is 11.6 Å². The number of nitrogens with one attached hydrogen (secondary N) is 1. The van der Waals surface area contributed by atoms with E-state index in [0.29, 0.717) is 12.2 Å². The molecule has 5 heteroatoms. The zero-order chi connectivity index (χ0) is 16.9. The number of hydrogen-bond acceptors (Lipinski definition) is 4. The molecular formula is C18H28N2O3. The van der Waals surface area contributed by atoms with Crippen LogP contribution in [0.15, 0.2) is 24.3 Å². The molecule has 1 aliphatic rings. The topological polar surface area (TPSA) is 72.8 Å². The Hall–Kier alpha value is -1.59. The van der Waals surface area contributed by atoms with Crippen molar-refractivity contribution in [3.05, 3.63) is 24.3 Å². The predicted molar refractivity (Wildman–Crippen MR) is 91.4 cm³/mol. The molecule has 128 valence electrons.